The van der Waals surface area contributed by atoms with E-state index in [1.54, 1.807) is 18.6 Å². The van der Waals surface area contributed by atoms with Gasteiger partial charge in [-0.25, -0.2) is 4.98 Å². The maximum absolute atomic E-state index is 13.0. The Morgan fingerprint density at radius 3 is 2.33 bits per heavy atom. The number of halogens is 1. The fourth-order valence-electron chi connectivity index (χ4n) is 2.98. The highest BCUT2D eigenvalue weighted by Gasteiger charge is 2.35. The molecule has 1 aromatic carbocycles. The molecule has 1 fully saturated rings. The molecule has 0 bridgehead atoms. The topological polar surface area (TPSA) is 49.3 Å². The quantitative estimate of drug-likeness (QED) is 0.859. The van der Waals surface area contributed by atoms with Crippen LogP contribution < -0.4 is 4.90 Å². The van der Waals surface area contributed by atoms with Gasteiger partial charge in [-0.05, 0) is 31.5 Å². The first kappa shape index (κ1) is 16.7. The summed E-state index contributed by atoms with van der Waals surface area (Å²) in [6, 6.07) is 7.52. The third kappa shape index (κ3) is 3.36. The summed E-state index contributed by atoms with van der Waals surface area (Å²) in [6.45, 7) is 6.84. The Labute approximate surface area is 147 Å². The molecule has 1 aliphatic heterocycles. The summed E-state index contributed by atoms with van der Waals surface area (Å²) in [5.41, 5.74) is 0.410. The number of nitrogens with zero attached hydrogens (tertiary/aromatic N) is 4. The molecule has 1 amide bonds. The highest BCUT2D eigenvalue weighted by Crippen LogP contribution is 2.27. The first-order valence-corrected chi connectivity index (χ1v) is 8.42. The minimum Gasteiger partial charge on any atom is -0.352 e. The molecule has 2 aromatic rings. The predicted molar refractivity (Wildman–Crippen MR) is 95.3 cm³/mol. The van der Waals surface area contributed by atoms with Gasteiger partial charge in [-0.3, -0.25) is 9.78 Å². The summed E-state index contributed by atoms with van der Waals surface area (Å²) >= 11 is 5.95. The highest BCUT2D eigenvalue weighted by atomic mass is 35.5. The van der Waals surface area contributed by atoms with E-state index >= 15 is 0 Å². The number of benzene rings is 1. The van der Waals surface area contributed by atoms with Crippen molar-refractivity contribution in [3.05, 3.63) is 53.4 Å². The molecule has 0 aliphatic carbocycles. The van der Waals surface area contributed by atoms with E-state index in [0.29, 0.717) is 18.1 Å². The van der Waals surface area contributed by atoms with Gasteiger partial charge in [-0.1, -0.05) is 23.7 Å². The summed E-state index contributed by atoms with van der Waals surface area (Å²) in [7, 11) is 0. The number of aromatic nitrogens is 2. The van der Waals surface area contributed by atoms with Crippen LogP contribution in [0.25, 0.3) is 0 Å². The Kier molecular flexibility index (Phi) is 4.71. The Hall–Kier alpha value is -2.14. The second-order valence-corrected chi connectivity index (χ2v) is 6.91. The Morgan fingerprint density at radius 2 is 1.75 bits per heavy atom. The molecule has 6 heteroatoms. The van der Waals surface area contributed by atoms with Gasteiger partial charge in [-0.15, -0.1) is 0 Å². The maximum atomic E-state index is 13.0. The van der Waals surface area contributed by atoms with Crippen molar-refractivity contribution in [3.8, 4) is 0 Å². The van der Waals surface area contributed by atoms with Crippen molar-refractivity contribution in [3.63, 3.8) is 0 Å². The van der Waals surface area contributed by atoms with Crippen molar-refractivity contribution in [1.82, 2.24) is 14.9 Å². The summed E-state index contributed by atoms with van der Waals surface area (Å²) in [5.74, 6) is 1.00. The smallest absolute Gasteiger partial charge is 0.232 e. The number of rotatable bonds is 3. The molecule has 1 aliphatic rings. The van der Waals surface area contributed by atoms with Crippen LogP contribution in [0.2, 0.25) is 5.02 Å². The highest BCUT2D eigenvalue weighted by molar-refractivity contribution is 6.30. The van der Waals surface area contributed by atoms with Crippen molar-refractivity contribution in [2.75, 3.05) is 31.1 Å². The lowest BCUT2D eigenvalue weighted by Gasteiger charge is -2.39. The van der Waals surface area contributed by atoms with E-state index in [9.17, 15) is 4.79 Å². The normalized spacial score (nSPS) is 15.5. The zero-order valence-corrected chi connectivity index (χ0v) is 14.7. The summed E-state index contributed by atoms with van der Waals surface area (Å²) in [6.07, 6.45) is 5.11. The third-order valence-electron chi connectivity index (χ3n) is 4.54. The molecule has 0 unspecified atom stereocenters. The minimum absolute atomic E-state index is 0.142. The fourth-order valence-corrected chi connectivity index (χ4v) is 3.10. The van der Waals surface area contributed by atoms with Crippen molar-refractivity contribution < 1.29 is 4.79 Å². The molecule has 1 aromatic heterocycles. The largest absolute Gasteiger partial charge is 0.352 e. The number of amides is 1. The number of carbonyl (C=O) groups is 1. The van der Waals surface area contributed by atoms with E-state index in [0.717, 1.165) is 24.5 Å². The van der Waals surface area contributed by atoms with Crippen LogP contribution in [-0.2, 0) is 10.2 Å². The number of hydrogen-bond donors (Lipinski definition) is 0. The standard InChI is InChI=1S/C18H21ClN4O/c1-18(2,14-3-5-15(19)6-4-14)17(24)23-11-9-22(10-12-23)16-13-20-7-8-21-16/h3-8,13H,9-12H2,1-2H3. The van der Waals surface area contributed by atoms with Gasteiger partial charge >= 0.3 is 0 Å². The summed E-state index contributed by atoms with van der Waals surface area (Å²) in [5, 5.41) is 0.680. The molecule has 0 spiro atoms. The van der Waals surface area contributed by atoms with Crippen LogP contribution in [0, 0.1) is 0 Å². The Bertz CT molecular complexity index is 695. The summed E-state index contributed by atoms with van der Waals surface area (Å²) < 4.78 is 0. The molecule has 126 valence electrons. The molecule has 24 heavy (non-hydrogen) atoms. The number of anilines is 1. The van der Waals surface area contributed by atoms with E-state index in [1.165, 1.54) is 0 Å². The number of piperazine rings is 1. The van der Waals surface area contributed by atoms with Crippen molar-refractivity contribution in [2.24, 2.45) is 0 Å². The lowest BCUT2D eigenvalue weighted by Crippen LogP contribution is -2.53. The molecule has 0 radical (unpaired) electrons. The number of hydrogen-bond acceptors (Lipinski definition) is 4. The van der Waals surface area contributed by atoms with Gasteiger partial charge in [0.2, 0.25) is 5.91 Å². The predicted octanol–water partition coefficient (Wildman–Crippen LogP) is 2.76. The molecule has 3 rings (SSSR count). The van der Waals surface area contributed by atoms with Crippen LogP contribution in [0.5, 0.6) is 0 Å². The van der Waals surface area contributed by atoms with Crippen LogP contribution in [0.15, 0.2) is 42.9 Å². The van der Waals surface area contributed by atoms with Crippen LogP contribution >= 0.6 is 11.6 Å². The second kappa shape index (κ2) is 6.77. The average Bonchev–Trinajstić information content (AvgIpc) is 2.62. The van der Waals surface area contributed by atoms with Crippen molar-refractivity contribution in [2.45, 2.75) is 19.3 Å². The lowest BCUT2D eigenvalue weighted by atomic mass is 9.83. The molecular weight excluding hydrogens is 324 g/mol. The van der Waals surface area contributed by atoms with Crippen LogP contribution in [0.3, 0.4) is 0 Å². The molecule has 0 N–H and O–H groups in total. The average molecular weight is 345 g/mol. The van der Waals surface area contributed by atoms with Crippen molar-refractivity contribution >= 4 is 23.3 Å². The minimum atomic E-state index is -0.570. The zero-order valence-electron chi connectivity index (χ0n) is 13.9. The maximum Gasteiger partial charge on any atom is 0.232 e. The molecule has 5 nitrogen and oxygen atoms in total. The second-order valence-electron chi connectivity index (χ2n) is 6.47. The van der Waals surface area contributed by atoms with Gasteiger partial charge in [0.25, 0.3) is 0 Å². The molecule has 0 saturated carbocycles. The zero-order chi connectivity index (χ0) is 17.2. The third-order valence-corrected chi connectivity index (χ3v) is 4.79. The van der Waals surface area contributed by atoms with Gasteiger partial charge in [0.15, 0.2) is 0 Å². The van der Waals surface area contributed by atoms with E-state index < -0.39 is 5.41 Å². The van der Waals surface area contributed by atoms with Crippen LogP contribution in [0.1, 0.15) is 19.4 Å². The van der Waals surface area contributed by atoms with Crippen molar-refractivity contribution in [1.29, 1.82) is 0 Å². The molecule has 2 heterocycles. The fraction of sp³-hybridized carbons (Fsp3) is 0.389. The van der Waals surface area contributed by atoms with E-state index in [2.05, 4.69) is 14.9 Å². The Balaban J connectivity index is 1.67. The monoisotopic (exact) mass is 344 g/mol. The van der Waals surface area contributed by atoms with Gasteiger partial charge in [0, 0.05) is 43.6 Å². The van der Waals surface area contributed by atoms with Gasteiger partial charge in [0.1, 0.15) is 5.82 Å². The van der Waals surface area contributed by atoms with Gasteiger partial charge in [-0.2, -0.15) is 0 Å². The summed E-state index contributed by atoms with van der Waals surface area (Å²) in [4.78, 5) is 25.5. The molecule has 1 saturated heterocycles. The SMILES string of the molecule is CC(C)(C(=O)N1CCN(c2cnccn2)CC1)c1ccc(Cl)cc1. The Morgan fingerprint density at radius 1 is 1.08 bits per heavy atom. The first-order chi connectivity index (χ1) is 11.5. The van der Waals surface area contributed by atoms with Crippen LogP contribution in [0.4, 0.5) is 5.82 Å². The van der Waals surface area contributed by atoms with Gasteiger partial charge < -0.3 is 9.80 Å². The molecule has 0 atom stereocenters. The van der Waals surface area contributed by atoms with Crippen LogP contribution in [-0.4, -0.2) is 47.0 Å². The first-order valence-electron chi connectivity index (χ1n) is 8.05. The molecular formula is C18H21ClN4O. The van der Waals surface area contributed by atoms with Gasteiger partial charge in [0.05, 0.1) is 11.6 Å². The van der Waals surface area contributed by atoms with E-state index in [4.69, 9.17) is 11.6 Å². The number of carbonyl (C=O) groups excluding carboxylic acids is 1. The van der Waals surface area contributed by atoms with E-state index in [1.807, 2.05) is 43.0 Å². The van der Waals surface area contributed by atoms with E-state index in [-0.39, 0.29) is 5.91 Å². The lowest BCUT2D eigenvalue weighted by molar-refractivity contribution is -0.136.